The Hall–Kier alpha value is -3.07. The molecule has 2 amide bonds. The molecule has 1 aliphatic rings. The largest absolute Gasteiger partial charge is 0.492 e. The maximum Gasteiger partial charge on any atom is 0.271 e. The van der Waals surface area contributed by atoms with Crippen LogP contribution in [0.4, 0.5) is 0 Å². The number of carbonyl (C=O) groups is 2. The van der Waals surface area contributed by atoms with Gasteiger partial charge in [0, 0.05) is 35.6 Å². The van der Waals surface area contributed by atoms with Crippen LogP contribution < -0.4 is 19.6 Å². The molecule has 0 aliphatic carbocycles. The van der Waals surface area contributed by atoms with Crippen LogP contribution in [-0.4, -0.2) is 50.4 Å². The second-order valence-electron chi connectivity index (χ2n) is 6.84. The molecule has 3 rings (SSSR count). The van der Waals surface area contributed by atoms with Crippen LogP contribution in [0.1, 0.15) is 34.8 Å². The lowest BCUT2D eigenvalue weighted by Gasteiger charge is -2.18. The topological polar surface area (TPSA) is 89.5 Å². The van der Waals surface area contributed by atoms with Crippen molar-refractivity contribution in [2.45, 2.75) is 19.8 Å². The maximum atomic E-state index is 12.3. The van der Waals surface area contributed by atoms with Crippen molar-refractivity contribution in [3.05, 3.63) is 51.5 Å². The van der Waals surface area contributed by atoms with Gasteiger partial charge in [-0.15, -0.1) is 0 Å². The third-order valence-electron chi connectivity index (χ3n) is 4.86. The van der Waals surface area contributed by atoms with Gasteiger partial charge in [-0.3, -0.25) is 9.59 Å². The molecule has 164 valence electrons. The first-order valence-electron chi connectivity index (χ1n) is 9.77. The number of nitrogens with one attached hydrogen (secondary N) is 1. The van der Waals surface area contributed by atoms with Gasteiger partial charge in [-0.05, 0) is 42.3 Å². The second kappa shape index (κ2) is 10.3. The van der Waals surface area contributed by atoms with Crippen molar-refractivity contribution < 1.29 is 23.8 Å². The molecular weight excluding hydrogens is 466 g/mol. The van der Waals surface area contributed by atoms with E-state index in [1.54, 1.807) is 36.2 Å². The molecule has 0 spiro atoms. The van der Waals surface area contributed by atoms with Gasteiger partial charge < -0.3 is 19.1 Å². The standard InChI is InChI=1S/C22H24BrN3O5/c1-4-19(27)26(2)10-9-15-11-18-21(31-13-30-18)20(29-3)17(15)12-24-25-22(28)14-5-7-16(23)8-6-14/h5-8,11-12H,4,9-10,13H2,1-3H3,(H,25,28)/b24-12-. The highest BCUT2D eigenvalue weighted by Gasteiger charge is 2.25. The SMILES string of the molecule is CCC(=O)N(C)CCc1cc2c(c(OC)c1/C=N\NC(=O)c1ccc(Br)cc1)OCO2. The number of methoxy groups -OCH3 is 1. The van der Waals surface area contributed by atoms with Gasteiger partial charge >= 0.3 is 0 Å². The number of fused-ring (bicyclic) bond motifs is 1. The van der Waals surface area contributed by atoms with Crippen molar-refractivity contribution in [1.29, 1.82) is 0 Å². The Kier molecular flexibility index (Phi) is 7.51. The lowest BCUT2D eigenvalue weighted by Crippen LogP contribution is -2.28. The summed E-state index contributed by atoms with van der Waals surface area (Å²) < 4.78 is 17.5. The van der Waals surface area contributed by atoms with Crippen LogP contribution in [0, 0.1) is 0 Å². The molecule has 0 bridgehead atoms. The third-order valence-corrected chi connectivity index (χ3v) is 5.39. The monoisotopic (exact) mass is 489 g/mol. The van der Waals surface area contributed by atoms with Gasteiger partial charge in [-0.25, -0.2) is 5.43 Å². The minimum absolute atomic E-state index is 0.0599. The first kappa shape index (κ1) is 22.6. The number of nitrogens with zero attached hydrogens (tertiary/aromatic N) is 2. The van der Waals surface area contributed by atoms with E-state index in [1.807, 2.05) is 13.0 Å². The van der Waals surface area contributed by atoms with E-state index in [2.05, 4.69) is 26.5 Å². The summed E-state index contributed by atoms with van der Waals surface area (Å²) in [7, 11) is 3.30. The fourth-order valence-corrected chi connectivity index (χ4v) is 3.40. The lowest BCUT2D eigenvalue weighted by atomic mass is 10.0. The van der Waals surface area contributed by atoms with E-state index < -0.39 is 0 Å². The summed E-state index contributed by atoms with van der Waals surface area (Å²) >= 11 is 3.34. The average Bonchev–Trinajstić information content (AvgIpc) is 3.25. The van der Waals surface area contributed by atoms with E-state index >= 15 is 0 Å². The van der Waals surface area contributed by atoms with E-state index in [0.29, 0.717) is 47.8 Å². The van der Waals surface area contributed by atoms with Gasteiger partial charge in [0.2, 0.25) is 18.4 Å². The minimum Gasteiger partial charge on any atom is -0.492 e. The summed E-state index contributed by atoms with van der Waals surface area (Å²) in [5.41, 5.74) is 4.53. The van der Waals surface area contributed by atoms with E-state index in [-0.39, 0.29) is 18.6 Å². The van der Waals surface area contributed by atoms with Crippen LogP contribution in [0.3, 0.4) is 0 Å². The zero-order chi connectivity index (χ0) is 22.4. The number of amides is 2. The van der Waals surface area contributed by atoms with E-state index in [9.17, 15) is 9.59 Å². The van der Waals surface area contributed by atoms with Gasteiger partial charge in [-0.1, -0.05) is 22.9 Å². The van der Waals surface area contributed by atoms with Gasteiger partial charge in [0.25, 0.3) is 5.91 Å². The average molecular weight is 490 g/mol. The quantitative estimate of drug-likeness (QED) is 0.453. The molecule has 1 heterocycles. The summed E-state index contributed by atoms with van der Waals surface area (Å²) in [6, 6.07) is 8.81. The molecule has 2 aromatic rings. The van der Waals surface area contributed by atoms with Crippen molar-refractivity contribution in [3.63, 3.8) is 0 Å². The number of ether oxygens (including phenoxy) is 3. The summed E-state index contributed by atoms with van der Waals surface area (Å²) in [5.74, 6) is 1.26. The molecule has 9 heteroatoms. The number of halogens is 1. The van der Waals surface area contributed by atoms with Crippen LogP contribution in [0.2, 0.25) is 0 Å². The number of rotatable bonds is 8. The Labute approximate surface area is 189 Å². The molecule has 0 saturated heterocycles. The lowest BCUT2D eigenvalue weighted by molar-refractivity contribution is -0.129. The van der Waals surface area contributed by atoms with Gasteiger partial charge in [-0.2, -0.15) is 5.10 Å². The van der Waals surface area contributed by atoms with Crippen molar-refractivity contribution in [3.8, 4) is 17.2 Å². The molecular formula is C22H24BrN3O5. The van der Waals surface area contributed by atoms with Crippen molar-refractivity contribution in [2.75, 3.05) is 27.5 Å². The van der Waals surface area contributed by atoms with Crippen LogP contribution >= 0.6 is 15.9 Å². The third kappa shape index (κ3) is 5.35. The fraction of sp³-hybridized carbons (Fsp3) is 0.318. The molecule has 0 aromatic heterocycles. The second-order valence-corrected chi connectivity index (χ2v) is 7.76. The zero-order valence-corrected chi connectivity index (χ0v) is 19.2. The number of carbonyl (C=O) groups excluding carboxylic acids is 2. The first-order valence-corrected chi connectivity index (χ1v) is 10.6. The molecule has 0 unspecified atom stereocenters. The summed E-state index contributed by atoms with van der Waals surface area (Å²) in [6.07, 6.45) is 2.52. The van der Waals surface area contributed by atoms with Gasteiger partial charge in [0.15, 0.2) is 11.5 Å². The summed E-state index contributed by atoms with van der Waals surface area (Å²) in [4.78, 5) is 25.9. The molecule has 2 aromatic carbocycles. The number of likely N-dealkylation sites (N-methyl/N-ethyl adjacent to an activating group) is 1. The number of benzene rings is 2. The van der Waals surface area contributed by atoms with Gasteiger partial charge in [0.1, 0.15) is 0 Å². The van der Waals surface area contributed by atoms with Crippen LogP contribution in [0.25, 0.3) is 0 Å². The molecule has 1 N–H and O–H groups in total. The van der Waals surface area contributed by atoms with E-state index in [4.69, 9.17) is 14.2 Å². The molecule has 31 heavy (non-hydrogen) atoms. The Morgan fingerprint density at radius 1 is 1.29 bits per heavy atom. The molecule has 0 atom stereocenters. The van der Waals surface area contributed by atoms with Crippen molar-refractivity contribution in [2.24, 2.45) is 5.10 Å². The molecule has 8 nitrogen and oxygen atoms in total. The predicted molar refractivity (Wildman–Crippen MR) is 120 cm³/mol. The summed E-state index contributed by atoms with van der Waals surface area (Å²) in [5, 5.41) is 4.12. The van der Waals surface area contributed by atoms with Crippen molar-refractivity contribution in [1.82, 2.24) is 10.3 Å². The maximum absolute atomic E-state index is 12.3. The number of hydrogen-bond acceptors (Lipinski definition) is 6. The van der Waals surface area contributed by atoms with Crippen LogP contribution in [-0.2, 0) is 11.2 Å². The fourth-order valence-electron chi connectivity index (χ4n) is 3.13. The predicted octanol–water partition coefficient (Wildman–Crippen LogP) is 3.36. The molecule has 1 aliphatic heterocycles. The van der Waals surface area contributed by atoms with Gasteiger partial charge in [0.05, 0.1) is 13.3 Å². The van der Waals surface area contributed by atoms with E-state index in [0.717, 1.165) is 10.0 Å². The number of hydrazone groups is 1. The Bertz CT molecular complexity index is 992. The molecule has 0 fully saturated rings. The van der Waals surface area contributed by atoms with E-state index in [1.165, 1.54) is 13.3 Å². The zero-order valence-electron chi connectivity index (χ0n) is 17.6. The number of hydrogen-bond donors (Lipinski definition) is 1. The smallest absolute Gasteiger partial charge is 0.271 e. The van der Waals surface area contributed by atoms with Crippen LogP contribution in [0.5, 0.6) is 17.2 Å². The highest BCUT2D eigenvalue weighted by molar-refractivity contribution is 9.10. The normalized spacial score (nSPS) is 12.1. The molecule has 0 radical (unpaired) electrons. The Balaban J connectivity index is 1.84. The summed E-state index contributed by atoms with van der Waals surface area (Å²) in [6.45, 7) is 2.44. The molecule has 0 saturated carbocycles. The van der Waals surface area contributed by atoms with Crippen LogP contribution in [0.15, 0.2) is 39.9 Å². The highest BCUT2D eigenvalue weighted by atomic mass is 79.9. The first-order chi connectivity index (χ1) is 14.9. The Morgan fingerprint density at radius 2 is 2.03 bits per heavy atom. The van der Waals surface area contributed by atoms with Crippen molar-refractivity contribution >= 4 is 34.0 Å². The minimum atomic E-state index is -0.335. The Morgan fingerprint density at radius 3 is 2.71 bits per heavy atom. The highest BCUT2D eigenvalue weighted by Crippen LogP contribution is 2.44.